The monoisotopic (exact) mass is 434 g/mol. The van der Waals surface area contributed by atoms with E-state index in [9.17, 15) is 19.7 Å². The van der Waals surface area contributed by atoms with E-state index in [4.69, 9.17) is 4.84 Å². The molecule has 156 valence electrons. The second-order valence-corrected chi connectivity index (χ2v) is 7.65. The van der Waals surface area contributed by atoms with Gasteiger partial charge in [0.05, 0.1) is 4.92 Å². The third kappa shape index (κ3) is 5.43. The second-order valence-electron chi connectivity index (χ2n) is 6.50. The Morgan fingerprint density at radius 3 is 2.19 bits per heavy atom. The molecule has 0 atom stereocenters. The Balaban J connectivity index is 1.94. The normalized spacial score (nSPS) is 11.1. The molecule has 0 saturated carbocycles. The minimum atomic E-state index is -0.706. The van der Waals surface area contributed by atoms with Gasteiger partial charge in [-0.05, 0) is 43.3 Å². The van der Waals surface area contributed by atoms with E-state index in [1.165, 1.54) is 25.1 Å². The minimum absolute atomic E-state index is 0.157. The fourth-order valence-electron chi connectivity index (χ4n) is 2.84. The summed E-state index contributed by atoms with van der Waals surface area (Å²) in [7, 11) is 0. The van der Waals surface area contributed by atoms with E-state index in [0.717, 1.165) is 16.7 Å². The zero-order valence-corrected chi connectivity index (χ0v) is 17.6. The molecule has 8 heteroatoms. The smallest absolute Gasteiger partial charge is 0.318 e. The number of carbonyl (C=O) groups excluding carboxylic acids is 2. The molecule has 0 aliphatic carbocycles. The molecular weight excluding hydrogens is 416 g/mol. The first kappa shape index (κ1) is 21.9. The van der Waals surface area contributed by atoms with Gasteiger partial charge in [0.15, 0.2) is 5.71 Å². The SMILES string of the molecule is CC(=O)O/N=C(\C(=O)c1ccc(Sc2ccccc2)cc1)c1cccc([N+](=O)[O-])c1C. The fraction of sp³-hybridized carbons (Fsp3) is 0.0870. The van der Waals surface area contributed by atoms with Gasteiger partial charge in [-0.15, -0.1) is 0 Å². The Kier molecular flexibility index (Phi) is 6.94. The van der Waals surface area contributed by atoms with Gasteiger partial charge < -0.3 is 4.84 Å². The molecule has 3 aromatic carbocycles. The van der Waals surface area contributed by atoms with Gasteiger partial charge in [0.1, 0.15) is 0 Å². The number of benzene rings is 3. The first-order chi connectivity index (χ1) is 14.9. The zero-order valence-electron chi connectivity index (χ0n) is 16.8. The van der Waals surface area contributed by atoms with E-state index >= 15 is 0 Å². The quantitative estimate of drug-likeness (QED) is 0.167. The molecule has 0 saturated heterocycles. The van der Waals surface area contributed by atoms with Gasteiger partial charge >= 0.3 is 5.97 Å². The largest absolute Gasteiger partial charge is 0.332 e. The maximum atomic E-state index is 13.2. The number of hydrogen-bond acceptors (Lipinski definition) is 7. The number of oxime groups is 1. The van der Waals surface area contributed by atoms with Crippen LogP contribution in [0.3, 0.4) is 0 Å². The number of Topliss-reactive ketones (excluding diaryl/α,β-unsaturated/α-hetero) is 1. The van der Waals surface area contributed by atoms with E-state index in [1.807, 2.05) is 30.3 Å². The van der Waals surface area contributed by atoms with E-state index in [2.05, 4.69) is 5.16 Å². The topological polar surface area (TPSA) is 98.9 Å². The van der Waals surface area contributed by atoms with Crippen LogP contribution in [0.2, 0.25) is 0 Å². The summed E-state index contributed by atoms with van der Waals surface area (Å²) in [6, 6.07) is 21.0. The van der Waals surface area contributed by atoms with E-state index in [0.29, 0.717) is 5.56 Å². The third-order valence-electron chi connectivity index (χ3n) is 4.33. The van der Waals surface area contributed by atoms with Gasteiger partial charge in [-0.2, -0.15) is 0 Å². The molecule has 0 aliphatic heterocycles. The second kappa shape index (κ2) is 9.82. The summed E-state index contributed by atoms with van der Waals surface area (Å²) >= 11 is 1.55. The van der Waals surface area contributed by atoms with Crippen LogP contribution in [-0.2, 0) is 9.63 Å². The maximum Gasteiger partial charge on any atom is 0.332 e. The number of ketones is 1. The maximum absolute atomic E-state index is 13.2. The van der Waals surface area contributed by atoms with Crippen molar-refractivity contribution in [3.63, 3.8) is 0 Å². The molecule has 0 N–H and O–H groups in total. The first-order valence-electron chi connectivity index (χ1n) is 9.24. The van der Waals surface area contributed by atoms with Crippen molar-refractivity contribution in [1.82, 2.24) is 0 Å². The van der Waals surface area contributed by atoms with Gasteiger partial charge in [0.2, 0.25) is 5.78 Å². The molecule has 0 amide bonds. The average molecular weight is 434 g/mol. The van der Waals surface area contributed by atoms with Crippen molar-refractivity contribution in [2.24, 2.45) is 5.16 Å². The number of carbonyl (C=O) groups is 2. The number of rotatable bonds is 7. The van der Waals surface area contributed by atoms with E-state index < -0.39 is 16.7 Å². The van der Waals surface area contributed by atoms with Crippen LogP contribution in [0.15, 0.2) is 87.7 Å². The highest BCUT2D eigenvalue weighted by molar-refractivity contribution is 7.99. The lowest BCUT2D eigenvalue weighted by molar-refractivity contribution is -0.385. The molecule has 3 aromatic rings. The molecule has 0 aromatic heterocycles. The van der Waals surface area contributed by atoms with Crippen molar-refractivity contribution in [1.29, 1.82) is 0 Å². The van der Waals surface area contributed by atoms with Crippen LogP contribution in [0.25, 0.3) is 0 Å². The number of nitro benzene ring substituents is 1. The number of nitrogens with zero attached hydrogens (tertiary/aromatic N) is 2. The van der Waals surface area contributed by atoms with Gasteiger partial charge in [-0.3, -0.25) is 14.9 Å². The van der Waals surface area contributed by atoms with Crippen molar-refractivity contribution < 1.29 is 19.3 Å². The molecule has 0 heterocycles. The Morgan fingerprint density at radius 1 is 0.935 bits per heavy atom. The summed E-state index contributed by atoms with van der Waals surface area (Å²) < 4.78 is 0. The molecule has 0 unspecified atom stereocenters. The van der Waals surface area contributed by atoms with E-state index in [1.54, 1.807) is 36.0 Å². The van der Waals surface area contributed by atoms with Crippen molar-refractivity contribution >= 4 is 34.9 Å². The standard InChI is InChI=1S/C23H18N2O5S/c1-15-20(9-6-10-21(15)25(28)29)22(24-30-16(2)26)23(27)17-11-13-19(14-12-17)31-18-7-4-3-5-8-18/h3-14H,1-2H3/b24-22-. The molecule has 0 radical (unpaired) electrons. The lowest BCUT2D eigenvalue weighted by Crippen LogP contribution is -2.18. The fourth-order valence-corrected chi connectivity index (χ4v) is 3.67. The minimum Gasteiger partial charge on any atom is -0.318 e. The third-order valence-corrected chi connectivity index (χ3v) is 5.35. The van der Waals surface area contributed by atoms with Gasteiger partial charge in [0, 0.05) is 39.5 Å². The summed E-state index contributed by atoms with van der Waals surface area (Å²) in [4.78, 5) is 41.9. The van der Waals surface area contributed by atoms with Gasteiger partial charge in [-0.25, -0.2) is 4.79 Å². The van der Waals surface area contributed by atoms with Crippen molar-refractivity contribution in [2.75, 3.05) is 0 Å². The summed E-state index contributed by atoms with van der Waals surface area (Å²) in [5.74, 6) is -1.22. The van der Waals surface area contributed by atoms with Crippen LogP contribution in [0.5, 0.6) is 0 Å². The number of hydrogen-bond donors (Lipinski definition) is 0. The molecule has 31 heavy (non-hydrogen) atoms. The van der Waals surface area contributed by atoms with E-state index in [-0.39, 0.29) is 22.5 Å². The molecule has 7 nitrogen and oxygen atoms in total. The predicted octanol–water partition coefficient (Wildman–Crippen LogP) is 5.20. The van der Waals surface area contributed by atoms with Crippen LogP contribution in [0.4, 0.5) is 5.69 Å². The highest BCUT2D eigenvalue weighted by Gasteiger charge is 2.23. The van der Waals surface area contributed by atoms with Crippen molar-refractivity contribution in [3.8, 4) is 0 Å². The average Bonchev–Trinajstić information content (AvgIpc) is 2.75. The van der Waals surface area contributed by atoms with Crippen LogP contribution >= 0.6 is 11.8 Å². The van der Waals surface area contributed by atoms with Crippen LogP contribution in [0, 0.1) is 17.0 Å². The Labute approximate surface area is 182 Å². The lowest BCUT2D eigenvalue weighted by Gasteiger charge is -2.09. The lowest BCUT2D eigenvalue weighted by atomic mass is 9.96. The summed E-state index contributed by atoms with van der Waals surface area (Å²) in [6.07, 6.45) is 0. The Hall–Kier alpha value is -3.78. The van der Waals surface area contributed by atoms with Crippen LogP contribution < -0.4 is 0 Å². The van der Waals surface area contributed by atoms with Crippen LogP contribution in [-0.4, -0.2) is 22.4 Å². The molecule has 0 spiro atoms. The Morgan fingerprint density at radius 2 is 1.58 bits per heavy atom. The van der Waals surface area contributed by atoms with Crippen LogP contribution in [0.1, 0.15) is 28.4 Å². The predicted molar refractivity (Wildman–Crippen MR) is 117 cm³/mol. The molecular formula is C23H18N2O5S. The summed E-state index contributed by atoms with van der Waals surface area (Å²) in [5, 5.41) is 15.0. The molecule has 0 bridgehead atoms. The zero-order chi connectivity index (χ0) is 22.4. The highest BCUT2D eigenvalue weighted by atomic mass is 32.2. The first-order valence-corrected chi connectivity index (χ1v) is 10.1. The molecule has 3 rings (SSSR count). The van der Waals surface area contributed by atoms with Gasteiger partial charge in [0.25, 0.3) is 5.69 Å². The Bertz CT molecular complexity index is 1160. The number of nitro groups is 1. The summed E-state index contributed by atoms with van der Waals surface area (Å²) in [6.45, 7) is 2.67. The van der Waals surface area contributed by atoms with Crippen molar-refractivity contribution in [2.45, 2.75) is 23.6 Å². The molecule has 0 aliphatic rings. The van der Waals surface area contributed by atoms with Crippen molar-refractivity contribution in [3.05, 3.63) is 99.6 Å². The highest BCUT2D eigenvalue weighted by Crippen LogP contribution is 2.28. The molecule has 0 fully saturated rings. The summed E-state index contributed by atoms with van der Waals surface area (Å²) in [5.41, 5.74) is 0.454. The van der Waals surface area contributed by atoms with Gasteiger partial charge in [-0.1, -0.05) is 47.2 Å².